The molecule has 104 valence electrons. The summed E-state index contributed by atoms with van der Waals surface area (Å²) in [7, 11) is 1.60. The molecule has 0 spiro atoms. The first-order chi connectivity index (χ1) is 9.60. The molecule has 1 amide bonds. The molecule has 1 heterocycles. The van der Waals surface area contributed by atoms with E-state index in [1.165, 1.54) is 0 Å². The molecule has 0 fully saturated rings. The van der Waals surface area contributed by atoms with E-state index in [9.17, 15) is 4.79 Å². The Bertz CT molecular complexity index is 646. The number of H-pyrrole nitrogens is 1. The number of nitrogens with one attached hydrogen (secondary N) is 2. The first-order valence-electron chi connectivity index (χ1n) is 6.11. The molecular formula is C14H16N4O2. The zero-order valence-electron chi connectivity index (χ0n) is 11.6. The number of aryl methyl sites for hydroxylation is 1. The summed E-state index contributed by atoms with van der Waals surface area (Å²) in [6, 6.07) is 9.12. The Kier molecular flexibility index (Phi) is 4.14. The van der Waals surface area contributed by atoms with Crippen molar-refractivity contribution in [2.24, 2.45) is 5.10 Å². The number of hydrogen-bond donors (Lipinski definition) is 2. The molecule has 0 radical (unpaired) electrons. The molecule has 0 aliphatic rings. The van der Waals surface area contributed by atoms with Crippen LogP contribution in [0, 0.1) is 6.92 Å². The van der Waals surface area contributed by atoms with Gasteiger partial charge in [-0.2, -0.15) is 10.2 Å². The molecule has 2 aromatic rings. The Balaban J connectivity index is 2.08. The average Bonchev–Trinajstić information content (AvgIpc) is 2.91. The van der Waals surface area contributed by atoms with Crippen molar-refractivity contribution in [1.82, 2.24) is 15.6 Å². The fraction of sp³-hybridized carbons (Fsp3) is 0.214. The molecule has 2 rings (SSSR count). The molecule has 6 heteroatoms. The van der Waals surface area contributed by atoms with E-state index in [-0.39, 0.29) is 5.91 Å². The Labute approximate surface area is 116 Å². The van der Waals surface area contributed by atoms with Gasteiger partial charge in [-0.3, -0.25) is 9.89 Å². The maximum Gasteiger partial charge on any atom is 0.291 e. The number of ether oxygens (including phenoxy) is 1. The number of hydrazone groups is 1. The summed E-state index contributed by atoms with van der Waals surface area (Å²) in [5.41, 5.74) is 5.17. The van der Waals surface area contributed by atoms with E-state index in [0.717, 1.165) is 17.0 Å². The zero-order valence-corrected chi connectivity index (χ0v) is 11.6. The van der Waals surface area contributed by atoms with Crippen LogP contribution in [0.25, 0.3) is 0 Å². The molecule has 0 unspecified atom stereocenters. The average molecular weight is 272 g/mol. The predicted octanol–water partition coefficient (Wildman–Crippen LogP) is 1.88. The Hall–Kier alpha value is -2.63. The lowest BCUT2D eigenvalue weighted by molar-refractivity contribution is 0.0950. The van der Waals surface area contributed by atoms with Crippen molar-refractivity contribution < 1.29 is 9.53 Å². The van der Waals surface area contributed by atoms with Gasteiger partial charge in [0.15, 0.2) is 5.69 Å². The lowest BCUT2D eigenvalue weighted by atomic mass is 10.1. The molecule has 1 aromatic heterocycles. The minimum Gasteiger partial charge on any atom is -0.497 e. The summed E-state index contributed by atoms with van der Waals surface area (Å²) in [6.45, 7) is 3.64. The van der Waals surface area contributed by atoms with E-state index in [4.69, 9.17) is 4.74 Å². The number of rotatable bonds is 4. The fourth-order valence-corrected chi connectivity index (χ4v) is 1.64. The minimum atomic E-state index is -0.350. The van der Waals surface area contributed by atoms with Gasteiger partial charge in [0.05, 0.1) is 12.8 Å². The largest absolute Gasteiger partial charge is 0.497 e. The molecule has 0 bridgehead atoms. The van der Waals surface area contributed by atoms with Gasteiger partial charge in [-0.15, -0.1) is 0 Å². The Morgan fingerprint density at radius 2 is 2.20 bits per heavy atom. The molecule has 0 saturated heterocycles. The lowest BCUT2D eigenvalue weighted by Crippen LogP contribution is -2.19. The number of nitrogens with zero attached hydrogens (tertiary/aromatic N) is 2. The van der Waals surface area contributed by atoms with E-state index >= 15 is 0 Å². The van der Waals surface area contributed by atoms with Crippen molar-refractivity contribution in [3.05, 3.63) is 47.3 Å². The summed E-state index contributed by atoms with van der Waals surface area (Å²) in [6.07, 6.45) is 0. The molecule has 0 atom stereocenters. The van der Waals surface area contributed by atoms with Crippen molar-refractivity contribution in [2.75, 3.05) is 7.11 Å². The van der Waals surface area contributed by atoms with Crippen LogP contribution in [-0.2, 0) is 0 Å². The third-order valence-electron chi connectivity index (χ3n) is 2.75. The highest BCUT2D eigenvalue weighted by Gasteiger charge is 2.08. The second kappa shape index (κ2) is 6.01. The van der Waals surface area contributed by atoms with Crippen molar-refractivity contribution in [3.63, 3.8) is 0 Å². The monoisotopic (exact) mass is 272 g/mol. The van der Waals surface area contributed by atoms with E-state index in [1.807, 2.05) is 38.1 Å². The summed E-state index contributed by atoms with van der Waals surface area (Å²) in [5.74, 6) is 0.392. The standard InChI is InChI=1S/C14H16N4O2/c1-9-7-13(17-15-9)14(19)18-16-10(2)11-5-4-6-12(8-11)20-3/h4-8H,1-3H3,(H,15,17)(H,18,19)/b16-10-. The third-order valence-corrected chi connectivity index (χ3v) is 2.75. The highest BCUT2D eigenvalue weighted by molar-refractivity contribution is 6.00. The second-order valence-electron chi connectivity index (χ2n) is 4.31. The highest BCUT2D eigenvalue weighted by Crippen LogP contribution is 2.13. The van der Waals surface area contributed by atoms with Gasteiger partial charge in [0.25, 0.3) is 5.91 Å². The van der Waals surface area contributed by atoms with Crippen molar-refractivity contribution in [3.8, 4) is 5.75 Å². The van der Waals surface area contributed by atoms with Crippen LogP contribution in [0.3, 0.4) is 0 Å². The van der Waals surface area contributed by atoms with Gasteiger partial charge in [0, 0.05) is 11.3 Å². The van der Waals surface area contributed by atoms with Crippen LogP contribution >= 0.6 is 0 Å². The van der Waals surface area contributed by atoms with Crippen LogP contribution in [0.1, 0.15) is 28.7 Å². The number of aromatic nitrogens is 2. The summed E-state index contributed by atoms with van der Waals surface area (Å²) in [4.78, 5) is 11.8. The van der Waals surface area contributed by atoms with Gasteiger partial charge < -0.3 is 4.74 Å². The van der Waals surface area contributed by atoms with Crippen LogP contribution in [0.5, 0.6) is 5.75 Å². The molecule has 6 nitrogen and oxygen atoms in total. The fourth-order valence-electron chi connectivity index (χ4n) is 1.64. The first kappa shape index (κ1) is 13.8. The van der Waals surface area contributed by atoms with Gasteiger partial charge in [-0.05, 0) is 32.0 Å². The molecule has 2 N–H and O–H groups in total. The number of amides is 1. The van der Waals surface area contributed by atoms with E-state index in [1.54, 1.807) is 13.2 Å². The number of methoxy groups -OCH3 is 1. The van der Waals surface area contributed by atoms with E-state index < -0.39 is 0 Å². The van der Waals surface area contributed by atoms with Crippen LogP contribution < -0.4 is 10.2 Å². The van der Waals surface area contributed by atoms with Crippen molar-refractivity contribution >= 4 is 11.6 Å². The normalized spacial score (nSPS) is 11.2. The Morgan fingerprint density at radius 1 is 1.40 bits per heavy atom. The summed E-state index contributed by atoms with van der Waals surface area (Å²) >= 11 is 0. The number of aromatic amines is 1. The van der Waals surface area contributed by atoms with Crippen molar-refractivity contribution in [1.29, 1.82) is 0 Å². The lowest BCUT2D eigenvalue weighted by Gasteiger charge is -2.04. The van der Waals surface area contributed by atoms with Gasteiger partial charge in [-0.25, -0.2) is 5.43 Å². The van der Waals surface area contributed by atoms with Gasteiger partial charge in [0.2, 0.25) is 0 Å². The van der Waals surface area contributed by atoms with Crippen LogP contribution in [0.4, 0.5) is 0 Å². The summed E-state index contributed by atoms with van der Waals surface area (Å²) < 4.78 is 5.15. The number of benzene rings is 1. The van der Waals surface area contributed by atoms with Gasteiger partial charge in [-0.1, -0.05) is 12.1 Å². The number of carbonyl (C=O) groups is 1. The molecule has 0 aliphatic heterocycles. The van der Waals surface area contributed by atoms with Gasteiger partial charge >= 0.3 is 0 Å². The minimum absolute atomic E-state index is 0.310. The zero-order chi connectivity index (χ0) is 14.5. The topological polar surface area (TPSA) is 79.4 Å². The second-order valence-corrected chi connectivity index (χ2v) is 4.31. The van der Waals surface area contributed by atoms with Crippen LogP contribution in [0.15, 0.2) is 35.4 Å². The highest BCUT2D eigenvalue weighted by atomic mass is 16.5. The van der Waals surface area contributed by atoms with Crippen molar-refractivity contribution in [2.45, 2.75) is 13.8 Å². The maximum atomic E-state index is 11.8. The first-order valence-corrected chi connectivity index (χ1v) is 6.11. The molecule has 0 aliphatic carbocycles. The summed E-state index contributed by atoms with van der Waals surface area (Å²) in [5, 5.41) is 10.6. The van der Waals surface area contributed by atoms with E-state index in [2.05, 4.69) is 20.7 Å². The van der Waals surface area contributed by atoms with Gasteiger partial charge in [0.1, 0.15) is 5.75 Å². The molecular weight excluding hydrogens is 256 g/mol. The maximum absolute atomic E-state index is 11.8. The smallest absolute Gasteiger partial charge is 0.291 e. The Morgan fingerprint density at radius 3 is 2.85 bits per heavy atom. The van der Waals surface area contributed by atoms with Crippen LogP contribution in [-0.4, -0.2) is 28.9 Å². The third kappa shape index (κ3) is 3.23. The van der Waals surface area contributed by atoms with Crippen LogP contribution in [0.2, 0.25) is 0 Å². The quantitative estimate of drug-likeness (QED) is 0.658. The van der Waals surface area contributed by atoms with E-state index in [0.29, 0.717) is 11.4 Å². The predicted molar refractivity (Wildman–Crippen MR) is 76.0 cm³/mol. The number of carbonyl (C=O) groups excluding carboxylic acids is 1. The SMILES string of the molecule is COc1cccc(/C(C)=N\NC(=O)c2cc(C)[nH]n2)c1. The molecule has 0 saturated carbocycles. The molecule has 20 heavy (non-hydrogen) atoms. The molecule has 1 aromatic carbocycles. The number of hydrogen-bond acceptors (Lipinski definition) is 4.